The van der Waals surface area contributed by atoms with Gasteiger partial charge in [-0.2, -0.15) is 4.31 Å². The fourth-order valence-electron chi connectivity index (χ4n) is 2.28. The van der Waals surface area contributed by atoms with Crippen LogP contribution < -0.4 is 11.3 Å². The van der Waals surface area contributed by atoms with Crippen molar-refractivity contribution in [3.63, 3.8) is 0 Å². The summed E-state index contributed by atoms with van der Waals surface area (Å²) >= 11 is 0. The topological polar surface area (TPSA) is 91.6 Å². The lowest BCUT2D eigenvalue weighted by Crippen LogP contribution is -2.35. The van der Waals surface area contributed by atoms with Crippen LogP contribution in [-0.4, -0.2) is 55.8 Å². The molecule has 1 saturated heterocycles. The Labute approximate surface area is 119 Å². The summed E-state index contributed by atoms with van der Waals surface area (Å²) in [6.07, 6.45) is 3.89. The van der Waals surface area contributed by atoms with Crippen LogP contribution in [0.15, 0.2) is 23.2 Å². The summed E-state index contributed by atoms with van der Waals surface area (Å²) in [6.45, 7) is 3.31. The number of hydrogen-bond acceptors (Lipinski definition) is 6. The molecule has 8 heteroatoms. The Bertz CT molecular complexity index is 543. The maximum absolute atomic E-state index is 12.5. The van der Waals surface area contributed by atoms with Gasteiger partial charge in [0.15, 0.2) is 5.82 Å². The van der Waals surface area contributed by atoms with Crippen LogP contribution in [0.25, 0.3) is 0 Å². The molecule has 112 valence electrons. The van der Waals surface area contributed by atoms with Gasteiger partial charge in [-0.15, -0.1) is 0 Å². The zero-order valence-electron chi connectivity index (χ0n) is 11.6. The molecule has 3 N–H and O–H groups in total. The number of hydrazine groups is 1. The maximum Gasteiger partial charge on any atom is 0.246 e. The highest BCUT2D eigenvalue weighted by Gasteiger charge is 2.25. The zero-order valence-corrected chi connectivity index (χ0v) is 12.4. The monoisotopic (exact) mass is 299 g/mol. The largest absolute Gasteiger partial charge is 0.307 e. The van der Waals surface area contributed by atoms with Gasteiger partial charge in [0.2, 0.25) is 10.0 Å². The molecule has 20 heavy (non-hydrogen) atoms. The molecule has 7 nitrogen and oxygen atoms in total. The van der Waals surface area contributed by atoms with E-state index in [2.05, 4.69) is 15.3 Å². The van der Waals surface area contributed by atoms with Gasteiger partial charge in [-0.3, -0.25) is 0 Å². The number of likely N-dealkylation sites (tertiary alicyclic amines) is 1. The maximum atomic E-state index is 12.5. The smallest absolute Gasteiger partial charge is 0.246 e. The van der Waals surface area contributed by atoms with Crippen LogP contribution in [0.3, 0.4) is 0 Å². The van der Waals surface area contributed by atoms with Crippen LogP contribution in [-0.2, 0) is 10.0 Å². The van der Waals surface area contributed by atoms with Gasteiger partial charge in [0, 0.05) is 26.3 Å². The second kappa shape index (κ2) is 6.49. The minimum Gasteiger partial charge on any atom is -0.307 e. The number of likely N-dealkylation sites (N-methyl/N-ethyl adjacent to an activating group) is 1. The van der Waals surface area contributed by atoms with Crippen molar-refractivity contribution < 1.29 is 8.42 Å². The van der Waals surface area contributed by atoms with Gasteiger partial charge in [-0.1, -0.05) is 0 Å². The highest BCUT2D eigenvalue weighted by molar-refractivity contribution is 7.89. The third-order valence-electron chi connectivity index (χ3n) is 3.53. The number of sulfonamides is 1. The second-order valence-corrected chi connectivity index (χ2v) is 6.88. The Morgan fingerprint density at radius 3 is 2.80 bits per heavy atom. The fraction of sp³-hybridized carbons (Fsp3) is 0.583. The molecular formula is C12H21N5O2S. The number of nitrogens with zero attached hydrogens (tertiary/aromatic N) is 3. The number of aromatic nitrogens is 1. The van der Waals surface area contributed by atoms with Crippen molar-refractivity contribution in [2.24, 2.45) is 5.84 Å². The summed E-state index contributed by atoms with van der Waals surface area (Å²) in [5.41, 5.74) is 2.33. The van der Waals surface area contributed by atoms with Gasteiger partial charge < -0.3 is 10.3 Å². The lowest BCUT2D eigenvalue weighted by Gasteiger charge is -2.21. The van der Waals surface area contributed by atoms with E-state index in [1.165, 1.54) is 29.4 Å². The van der Waals surface area contributed by atoms with Crippen LogP contribution >= 0.6 is 0 Å². The fourth-order valence-corrected chi connectivity index (χ4v) is 3.55. The first-order valence-corrected chi connectivity index (χ1v) is 8.10. The summed E-state index contributed by atoms with van der Waals surface area (Å²) in [5.74, 6) is 5.48. The van der Waals surface area contributed by atoms with Crippen LogP contribution in [0.4, 0.5) is 5.82 Å². The Balaban J connectivity index is 2.08. The highest BCUT2D eigenvalue weighted by Crippen LogP contribution is 2.20. The van der Waals surface area contributed by atoms with Crippen molar-refractivity contribution >= 4 is 15.8 Å². The predicted molar refractivity (Wildman–Crippen MR) is 77.5 cm³/mol. The van der Waals surface area contributed by atoms with E-state index in [9.17, 15) is 8.42 Å². The van der Waals surface area contributed by atoms with Crippen molar-refractivity contribution in [1.29, 1.82) is 0 Å². The first-order valence-electron chi connectivity index (χ1n) is 6.66. The normalized spacial score (nSPS) is 16.8. The van der Waals surface area contributed by atoms with Gasteiger partial charge in [0.1, 0.15) is 4.90 Å². The summed E-state index contributed by atoms with van der Waals surface area (Å²) in [4.78, 5) is 6.31. The second-order valence-electron chi connectivity index (χ2n) is 4.87. The number of anilines is 1. The summed E-state index contributed by atoms with van der Waals surface area (Å²) < 4.78 is 26.3. The van der Waals surface area contributed by atoms with E-state index in [1.807, 2.05) is 0 Å². The lowest BCUT2D eigenvalue weighted by atomic mass is 10.4. The Hall–Kier alpha value is -1.22. The van der Waals surface area contributed by atoms with Gasteiger partial charge in [0.05, 0.1) is 0 Å². The average molecular weight is 299 g/mol. The van der Waals surface area contributed by atoms with Gasteiger partial charge in [0.25, 0.3) is 0 Å². The molecule has 0 bridgehead atoms. The summed E-state index contributed by atoms with van der Waals surface area (Å²) in [7, 11) is -1.99. The standard InChI is InChI=1S/C12H21N5O2S/c1-16(9-10-17-7-2-3-8-17)20(18,19)11-5-4-6-14-12(11)15-13/h4-6H,2-3,7-10,13H2,1H3,(H,14,15). The van der Waals surface area contributed by atoms with E-state index in [1.54, 1.807) is 13.1 Å². The molecule has 0 unspecified atom stereocenters. The Morgan fingerprint density at radius 2 is 2.15 bits per heavy atom. The van der Waals surface area contributed by atoms with E-state index in [0.29, 0.717) is 6.54 Å². The van der Waals surface area contributed by atoms with Crippen molar-refractivity contribution in [3.8, 4) is 0 Å². The van der Waals surface area contributed by atoms with E-state index in [0.717, 1.165) is 19.6 Å². The van der Waals surface area contributed by atoms with Gasteiger partial charge in [-0.05, 0) is 38.1 Å². The molecule has 1 aliphatic rings. The van der Waals surface area contributed by atoms with Crippen LogP contribution in [0.1, 0.15) is 12.8 Å². The molecule has 0 spiro atoms. The molecule has 0 atom stereocenters. The molecule has 0 radical (unpaired) electrons. The van der Waals surface area contributed by atoms with E-state index in [4.69, 9.17) is 5.84 Å². The summed E-state index contributed by atoms with van der Waals surface area (Å²) in [5, 5.41) is 0. The van der Waals surface area contributed by atoms with Gasteiger partial charge >= 0.3 is 0 Å². The molecule has 1 aromatic rings. The molecule has 1 fully saturated rings. The predicted octanol–water partition coefficient (Wildman–Crippen LogP) is 0.0835. The molecular weight excluding hydrogens is 278 g/mol. The molecule has 0 saturated carbocycles. The molecule has 2 heterocycles. The quantitative estimate of drug-likeness (QED) is 0.571. The number of hydrogen-bond donors (Lipinski definition) is 2. The molecule has 0 amide bonds. The van der Waals surface area contributed by atoms with Crippen molar-refractivity contribution in [1.82, 2.24) is 14.2 Å². The molecule has 1 aliphatic heterocycles. The number of pyridine rings is 1. The Kier molecular flexibility index (Phi) is 4.92. The minimum absolute atomic E-state index is 0.103. The summed E-state index contributed by atoms with van der Waals surface area (Å²) in [6, 6.07) is 3.09. The zero-order chi connectivity index (χ0) is 14.6. The third-order valence-corrected chi connectivity index (χ3v) is 5.41. The molecule has 0 aromatic carbocycles. The Morgan fingerprint density at radius 1 is 1.45 bits per heavy atom. The number of nitrogens with two attached hydrogens (primary N) is 1. The van der Waals surface area contributed by atoms with E-state index in [-0.39, 0.29) is 10.7 Å². The van der Waals surface area contributed by atoms with Crippen molar-refractivity contribution in [2.75, 3.05) is 38.7 Å². The molecule has 0 aliphatic carbocycles. The number of nitrogens with one attached hydrogen (secondary N) is 1. The first kappa shape index (κ1) is 15.2. The number of rotatable bonds is 6. The average Bonchev–Trinajstić information content (AvgIpc) is 2.97. The molecule has 2 rings (SSSR count). The lowest BCUT2D eigenvalue weighted by molar-refractivity contribution is 0.310. The first-order chi connectivity index (χ1) is 9.55. The van der Waals surface area contributed by atoms with Crippen LogP contribution in [0, 0.1) is 0 Å². The third kappa shape index (κ3) is 3.26. The highest BCUT2D eigenvalue weighted by atomic mass is 32.2. The SMILES string of the molecule is CN(CCN1CCCC1)S(=O)(=O)c1cccnc1NN. The van der Waals surface area contributed by atoms with Crippen molar-refractivity contribution in [2.45, 2.75) is 17.7 Å². The van der Waals surface area contributed by atoms with E-state index >= 15 is 0 Å². The van der Waals surface area contributed by atoms with Gasteiger partial charge in [-0.25, -0.2) is 19.2 Å². The van der Waals surface area contributed by atoms with Crippen LogP contribution in [0.2, 0.25) is 0 Å². The molecule has 1 aromatic heterocycles. The van der Waals surface area contributed by atoms with E-state index < -0.39 is 10.0 Å². The van der Waals surface area contributed by atoms with Crippen LogP contribution in [0.5, 0.6) is 0 Å². The van der Waals surface area contributed by atoms with Crippen molar-refractivity contribution in [3.05, 3.63) is 18.3 Å². The number of nitrogen functional groups attached to an aromatic ring is 1. The minimum atomic E-state index is -3.57.